The molecule has 0 unspecified atom stereocenters. The van der Waals surface area contributed by atoms with Crippen molar-refractivity contribution < 1.29 is 0 Å². The van der Waals surface area contributed by atoms with E-state index in [9.17, 15) is 0 Å². The molecule has 0 saturated carbocycles. The average molecular weight is 351 g/mol. The first-order valence-electron chi connectivity index (χ1n) is 9.39. The molecule has 0 aromatic carbocycles. The van der Waals surface area contributed by atoms with Crippen LogP contribution >= 0.6 is 0 Å². The standard InChI is InChI=1S/C22H30N4/c1-5-8-15-20(23-4)22-18-14-12-10-9-11-13-17(18)21(25-26-22)19(7-3)24-16-6-2/h5-8,15-16,21,25H,1-2,9-14H2,3-4H3/b15-8-,19-7-,23-20+,24-16-/t21-/m1/s1. The minimum Gasteiger partial charge on any atom is -0.296 e. The highest BCUT2D eigenvalue weighted by atomic mass is 15.3. The summed E-state index contributed by atoms with van der Waals surface area (Å²) in [4.78, 5) is 9.02. The molecule has 4 nitrogen and oxygen atoms in total. The summed E-state index contributed by atoms with van der Waals surface area (Å²) in [5.41, 5.74) is 8.90. The Morgan fingerprint density at radius 3 is 2.58 bits per heavy atom. The molecule has 1 N–H and O–H groups in total. The van der Waals surface area contributed by atoms with E-state index in [4.69, 9.17) is 5.10 Å². The van der Waals surface area contributed by atoms with E-state index in [1.54, 1.807) is 18.4 Å². The van der Waals surface area contributed by atoms with Gasteiger partial charge in [0.1, 0.15) is 11.8 Å². The summed E-state index contributed by atoms with van der Waals surface area (Å²) in [7, 11) is 1.81. The van der Waals surface area contributed by atoms with Crippen molar-refractivity contribution >= 4 is 17.6 Å². The van der Waals surface area contributed by atoms with Crippen molar-refractivity contribution in [3.8, 4) is 0 Å². The Morgan fingerprint density at radius 2 is 1.92 bits per heavy atom. The van der Waals surface area contributed by atoms with Crippen LogP contribution in [0.25, 0.3) is 0 Å². The molecule has 0 saturated heterocycles. The van der Waals surface area contributed by atoms with Crippen LogP contribution in [0.4, 0.5) is 0 Å². The van der Waals surface area contributed by atoms with Crippen molar-refractivity contribution in [2.45, 2.75) is 51.5 Å². The molecule has 0 spiro atoms. The normalized spacial score (nSPS) is 22.5. The van der Waals surface area contributed by atoms with Gasteiger partial charge in [-0.3, -0.25) is 15.4 Å². The third kappa shape index (κ3) is 4.78. The number of aliphatic imine (C=N–C) groups is 2. The van der Waals surface area contributed by atoms with E-state index in [1.807, 2.05) is 32.2 Å². The highest BCUT2D eigenvalue weighted by molar-refractivity contribution is 6.52. The first-order valence-corrected chi connectivity index (χ1v) is 9.39. The van der Waals surface area contributed by atoms with Crippen LogP contribution in [0.1, 0.15) is 45.4 Å². The minimum atomic E-state index is 0.0227. The molecular weight excluding hydrogens is 320 g/mol. The molecule has 1 aliphatic carbocycles. The van der Waals surface area contributed by atoms with Gasteiger partial charge < -0.3 is 0 Å². The lowest BCUT2D eigenvalue weighted by molar-refractivity contribution is 0.557. The van der Waals surface area contributed by atoms with Crippen LogP contribution in [0.5, 0.6) is 0 Å². The summed E-state index contributed by atoms with van der Waals surface area (Å²) < 4.78 is 0. The first kappa shape index (κ1) is 19.8. The van der Waals surface area contributed by atoms with Gasteiger partial charge in [-0.15, -0.1) is 0 Å². The molecule has 0 fully saturated rings. The van der Waals surface area contributed by atoms with E-state index >= 15 is 0 Å². The summed E-state index contributed by atoms with van der Waals surface area (Å²) in [6.07, 6.45) is 18.2. The number of hydrogen-bond donors (Lipinski definition) is 1. The van der Waals surface area contributed by atoms with Gasteiger partial charge >= 0.3 is 0 Å². The SMILES string of the molecule is C=C/C=C\C(=N/C)C1=NN[C@@H](C(=C/C)/N=C\C=C)C2=C1CCCCCC2. The third-order valence-electron chi connectivity index (χ3n) is 4.74. The van der Waals surface area contributed by atoms with Crippen molar-refractivity contribution in [2.75, 3.05) is 7.05 Å². The highest BCUT2D eigenvalue weighted by Gasteiger charge is 2.29. The zero-order valence-electron chi connectivity index (χ0n) is 16.0. The topological polar surface area (TPSA) is 49.1 Å². The van der Waals surface area contributed by atoms with Crippen molar-refractivity contribution in [2.24, 2.45) is 15.1 Å². The summed E-state index contributed by atoms with van der Waals surface area (Å²) in [5, 5.41) is 4.72. The predicted molar refractivity (Wildman–Crippen MR) is 114 cm³/mol. The van der Waals surface area contributed by atoms with Crippen molar-refractivity contribution in [3.63, 3.8) is 0 Å². The Morgan fingerprint density at radius 1 is 1.15 bits per heavy atom. The predicted octanol–water partition coefficient (Wildman–Crippen LogP) is 4.94. The lowest BCUT2D eigenvalue weighted by Gasteiger charge is -2.31. The maximum atomic E-state index is 4.72. The molecule has 4 heteroatoms. The van der Waals surface area contributed by atoms with Crippen molar-refractivity contribution in [1.29, 1.82) is 0 Å². The smallest absolute Gasteiger partial charge is 0.111 e. The van der Waals surface area contributed by atoms with Gasteiger partial charge in [0.05, 0.1) is 11.4 Å². The van der Waals surface area contributed by atoms with Crippen molar-refractivity contribution in [3.05, 3.63) is 60.4 Å². The van der Waals surface area contributed by atoms with Crippen LogP contribution in [-0.2, 0) is 0 Å². The molecule has 1 aliphatic heterocycles. The fourth-order valence-corrected chi connectivity index (χ4v) is 3.48. The Hall–Kier alpha value is -2.49. The Bertz CT molecular complexity index is 702. The summed E-state index contributed by atoms with van der Waals surface area (Å²) >= 11 is 0. The van der Waals surface area contributed by atoms with Gasteiger partial charge in [-0.1, -0.05) is 50.3 Å². The molecule has 0 aromatic rings. The fraction of sp³-hybridized carbons (Fsp3) is 0.409. The summed E-state index contributed by atoms with van der Waals surface area (Å²) in [6.45, 7) is 9.50. The van der Waals surface area contributed by atoms with Gasteiger partial charge in [0.15, 0.2) is 0 Å². The van der Waals surface area contributed by atoms with Gasteiger partial charge in [0.2, 0.25) is 0 Å². The van der Waals surface area contributed by atoms with Crippen LogP contribution < -0.4 is 5.43 Å². The van der Waals surface area contributed by atoms with E-state index in [1.165, 1.54) is 36.8 Å². The average Bonchev–Trinajstić information content (AvgIpc) is 2.64. The van der Waals surface area contributed by atoms with Crippen LogP contribution in [0.15, 0.2) is 75.5 Å². The fourth-order valence-electron chi connectivity index (χ4n) is 3.48. The van der Waals surface area contributed by atoms with Gasteiger partial charge in [-0.2, -0.15) is 5.10 Å². The largest absolute Gasteiger partial charge is 0.296 e. The van der Waals surface area contributed by atoms with Crippen LogP contribution in [0.2, 0.25) is 0 Å². The number of rotatable bonds is 6. The number of allylic oxidation sites excluding steroid dienone is 6. The second kappa shape index (κ2) is 10.5. The molecule has 1 heterocycles. The lowest BCUT2D eigenvalue weighted by atomic mass is 9.84. The molecular formula is C22H30N4. The molecule has 0 bridgehead atoms. The molecule has 0 aromatic heterocycles. The molecule has 0 amide bonds. The number of nitrogens with zero attached hydrogens (tertiary/aromatic N) is 3. The second-order valence-electron chi connectivity index (χ2n) is 6.37. The zero-order chi connectivity index (χ0) is 18.8. The summed E-state index contributed by atoms with van der Waals surface area (Å²) in [5.74, 6) is 0. The summed E-state index contributed by atoms with van der Waals surface area (Å²) in [6, 6.07) is 0.0227. The van der Waals surface area contributed by atoms with Crippen LogP contribution in [0.3, 0.4) is 0 Å². The molecule has 1 atom stereocenters. The maximum absolute atomic E-state index is 4.72. The van der Waals surface area contributed by atoms with E-state index < -0.39 is 0 Å². The third-order valence-corrected chi connectivity index (χ3v) is 4.74. The van der Waals surface area contributed by atoms with Crippen LogP contribution in [0, 0.1) is 0 Å². The Kier molecular flexibility index (Phi) is 8.00. The molecule has 138 valence electrons. The van der Waals surface area contributed by atoms with E-state index in [-0.39, 0.29) is 6.04 Å². The second-order valence-corrected chi connectivity index (χ2v) is 6.37. The molecule has 2 rings (SSSR count). The number of nitrogens with one attached hydrogen (secondary N) is 1. The van der Waals surface area contributed by atoms with Crippen LogP contribution in [-0.4, -0.2) is 30.7 Å². The van der Waals surface area contributed by atoms with Crippen molar-refractivity contribution in [1.82, 2.24) is 5.43 Å². The molecule has 0 radical (unpaired) electrons. The van der Waals surface area contributed by atoms with E-state index in [2.05, 4.69) is 28.6 Å². The quantitative estimate of drug-likeness (QED) is 0.535. The monoisotopic (exact) mass is 350 g/mol. The maximum Gasteiger partial charge on any atom is 0.111 e. The minimum absolute atomic E-state index is 0.0227. The Labute approximate surface area is 157 Å². The first-order chi connectivity index (χ1) is 12.8. The number of hydrazone groups is 1. The van der Waals surface area contributed by atoms with Gasteiger partial charge in [-0.05, 0) is 49.8 Å². The van der Waals surface area contributed by atoms with E-state index in [0.29, 0.717) is 0 Å². The molecule has 26 heavy (non-hydrogen) atoms. The van der Waals surface area contributed by atoms with Gasteiger partial charge in [-0.25, -0.2) is 0 Å². The highest BCUT2D eigenvalue weighted by Crippen LogP contribution is 2.32. The zero-order valence-corrected chi connectivity index (χ0v) is 16.0. The lowest BCUT2D eigenvalue weighted by Crippen LogP contribution is -2.38. The molecule has 2 aliphatic rings. The van der Waals surface area contributed by atoms with Gasteiger partial charge in [0, 0.05) is 13.3 Å². The van der Waals surface area contributed by atoms with E-state index in [0.717, 1.165) is 30.0 Å². The van der Waals surface area contributed by atoms with Gasteiger partial charge in [0.25, 0.3) is 0 Å². The Balaban J connectivity index is 2.49. The number of hydrogen-bond acceptors (Lipinski definition) is 4.